The first-order chi connectivity index (χ1) is 8.50. The molecule has 0 N–H and O–H groups in total. The van der Waals surface area contributed by atoms with E-state index in [-0.39, 0.29) is 23.2 Å². The number of carbonyl (C=O) groups is 1. The smallest absolute Gasteiger partial charge is 0.293 e. The molecular weight excluding hydrogens is 256 g/mol. The van der Waals surface area contributed by atoms with E-state index in [1.54, 1.807) is 11.0 Å². The van der Waals surface area contributed by atoms with Crippen LogP contribution in [0.5, 0.6) is 0 Å². The number of benzene rings is 1. The lowest BCUT2D eigenvalue weighted by atomic mass is 10.0. The quantitative estimate of drug-likeness (QED) is 0.581. The number of rotatable bonds is 1. The van der Waals surface area contributed by atoms with Gasteiger partial charge in [-0.25, -0.2) is 0 Å². The third kappa shape index (κ3) is 2.31. The van der Waals surface area contributed by atoms with Crippen LogP contribution in [-0.2, 0) is 17.8 Å². The molecule has 18 heavy (non-hydrogen) atoms. The van der Waals surface area contributed by atoms with Crippen molar-refractivity contribution in [1.29, 1.82) is 0 Å². The maximum Gasteiger partial charge on any atom is 0.293 e. The number of nitro groups is 1. The van der Waals surface area contributed by atoms with Crippen LogP contribution in [0.25, 0.3) is 0 Å². The molecule has 0 saturated heterocycles. The van der Waals surface area contributed by atoms with Crippen molar-refractivity contribution in [2.24, 2.45) is 0 Å². The number of fused-ring (bicyclic) bond motifs is 1. The monoisotopic (exact) mass is 268 g/mol. The summed E-state index contributed by atoms with van der Waals surface area (Å²) in [4.78, 5) is 23.7. The molecule has 1 aliphatic rings. The summed E-state index contributed by atoms with van der Waals surface area (Å²) in [6, 6.07) is 3.37. The van der Waals surface area contributed by atoms with Crippen LogP contribution < -0.4 is 0 Å². The second-order valence-electron chi connectivity index (χ2n) is 4.33. The SMILES string of the molecule is CC(=O)N1CCCc2ccc(Cl)c([N+](=O)[O-])c2C1. The van der Waals surface area contributed by atoms with Gasteiger partial charge in [-0.3, -0.25) is 14.9 Å². The minimum Gasteiger partial charge on any atom is -0.338 e. The fourth-order valence-electron chi connectivity index (χ4n) is 2.26. The van der Waals surface area contributed by atoms with Crippen molar-refractivity contribution >= 4 is 23.2 Å². The van der Waals surface area contributed by atoms with Gasteiger partial charge in [0.2, 0.25) is 5.91 Å². The highest BCUT2D eigenvalue weighted by molar-refractivity contribution is 6.32. The fraction of sp³-hybridized carbons (Fsp3) is 0.417. The van der Waals surface area contributed by atoms with E-state index in [2.05, 4.69) is 0 Å². The summed E-state index contributed by atoms with van der Waals surface area (Å²) in [7, 11) is 0. The zero-order valence-electron chi connectivity index (χ0n) is 9.98. The van der Waals surface area contributed by atoms with E-state index in [4.69, 9.17) is 11.6 Å². The van der Waals surface area contributed by atoms with Gasteiger partial charge >= 0.3 is 0 Å². The molecule has 0 aromatic heterocycles. The summed E-state index contributed by atoms with van der Waals surface area (Å²) in [5.41, 5.74) is 1.41. The van der Waals surface area contributed by atoms with Gasteiger partial charge in [0.05, 0.1) is 17.0 Å². The molecule has 0 atom stereocenters. The highest BCUT2D eigenvalue weighted by atomic mass is 35.5. The summed E-state index contributed by atoms with van der Waals surface area (Å²) >= 11 is 5.89. The van der Waals surface area contributed by atoms with Crippen molar-refractivity contribution in [2.45, 2.75) is 26.3 Å². The summed E-state index contributed by atoms with van der Waals surface area (Å²) < 4.78 is 0. The van der Waals surface area contributed by atoms with Gasteiger partial charge in [0, 0.05) is 13.5 Å². The topological polar surface area (TPSA) is 63.5 Å². The molecule has 0 bridgehead atoms. The lowest BCUT2D eigenvalue weighted by Crippen LogP contribution is -2.28. The van der Waals surface area contributed by atoms with Crippen LogP contribution in [0.4, 0.5) is 5.69 Å². The second-order valence-corrected chi connectivity index (χ2v) is 4.74. The van der Waals surface area contributed by atoms with Crippen LogP contribution in [-0.4, -0.2) is 22.3 Å². The average molecular weight is 269 g/mol. The lowest BCUT2D eigenvalue weighted by Gasteiger charge is -2.18. The van der Waals surface area contributed by atoms with E-state index >= 15 is 0 Å². The minimum atomic E-state index is -0.467. The second kappa shape index (κ2) is 4.94. The Morgan fingerprint density at radius 1 is 1.50 bits per heavy atom. The van der Waals surface area contributed by atoms with Crippen LogP contribution in [0.1, 0.15) is 24.5 Å². The standard InChI is InChI=1S/C12H13ClN2O3/c1-8(16)14-6-2-3-9-4-5-11(13)12(15(17)18)10(9)7-14/h4-5H,2-3,6-7H2,1H3. The summed E-state index contributed by atoms with van der Waals surface area (Å²) in [5, 5.41) is 11.2. The number of amides is 1. The molecule has 1 aromatic rings. The lowest BCUT2D eigenvalue weighted by molar-refractivity contribution is -0.385. The Labute approximate surface area is 109 Å². The van der Waals surface area contributed by atoms with Crippen molar-refractivity contribution in [3.05, 3.63) is 38.4 Å². The summed E-state index contributed by atoms with van der Waals surface area (Å²) in [5.74, 6) is -0.0721. The molecule has 1 aromatic carbocycles. The Hall–Kier alpha value is -1.62. The molecule has 0 radical (unpaired) electrons. The van der Waals surface area contributed by atoms with Crippen molar-refractivity contribution in [2.75, 3.05) is 6.54 Å². The van der Waals surface area contributed by atoms with E-state index in [0.717, 1.165) is 18.4 Å². The molecule has 1 amide bonds. The maximum absolute atomic E-state index is 11.5. The Morgan fingerprint density at radius 3 is 2.83 bits per heavy atom. The molecule has 0 aliphatic carbocycles. The highest BCUT2D eigenvalue weighted by Gasteiger charge is 2.26. The molecule has 5 nitrogen and oxygen atoms in total. The van der Waals surface area contributed by atoms with Crippen molar-refractivity contribution in [3.8, 4) is 0 Å². The predicted octanol–water partition coefficient (Wildman–Crippen LogP) is 2.54. The van der Waals surface area contributed by atoms with Crippen molar-refractivity contribution in [1.82, 2.24) is 4.90 Å². The largest absolute Gasteiger partial charge is 0.338 e. The van der Waals surface area contributed by atoms with E-state index in [0.29, 0.717) is 12.1 Å². The van der Waals surface area contributed by atoms with Crippen LogP contribution in [0.2, 0.25) is 5.02 Å². The van der Waals surface area contributed by atoms with Crippen molar-refractivity contribution < 1.29 is 9.72 Å². The van der Waals surface area contributed by atoms with E-state index in [1.165, 1.54) is 6.92 Å². The molecular formula is C12H13ClN2O3. The van der Waals surface area contributed by atoms with Crippen molar-refractivity contribution in [3.63, 3.8) is 0 Å². The van der Waals surface area contributed by atoms with Crippen LogP contribution in [0.15, 0.2) is 12.1 Å². The number of nitro benzene ring substituents is 1. The van der Waals surface area contributed by atoms with E-state index < -0.39 is 4.92 Å². The van der Waals surface area contributed by atoms with Gasteiger partial charge in [-0.05, 0) is 24.5 Å². The highest BCUT2D eigenvalue weighted by Crippen LogP contribution is 2.34. The number of hydrogen-bond acceptors (Lipinski definition) is 3. The van der Waals surface area contributed by atoms with Gasteiger partial charge < -0.3 is 4.90 Å². The summed E-state index contributed by atoms with van der Waals surface area (Å²) in [6.07, 6.45) is 1.54. The Kier molecular flexibility index (Phi) is 3.52. The fourth-order valence-corrected chi connectivity index (χ4v) is 2.50. The van der Waals surface area contributed by atoms with Crippen LogP contribution in [0, 0.1) is 10.1 Å². The Balaban J connectivity index is 2.52. The average Bonchev–Trinajstić information content (AvgIpc) is 2.50. The molecule has 2 rings (SSSR count). The zero-order valence-corrected chi connectivity index (χ0v) is 10.7. The van der Waals surface area contributed by atoms with Crippen LogP contribution in [0.3, 0.4) is 0 Å². The van der Waals surface area contributed by atoms with Gasteiger partial charge in [-0.2, -0.15) is 0 Å². The van der Waals surface area contributed by atoms with Gasteiger partial charge in [-0.15, -0.1) is 0 Å². The first-order valence-corrected chi connectivity index (χ1v) is 6.08. The normalized spacial score (nSPS) is 14.9. The molecule has 0 fully saturated rings. The molecule has 0 saturated carbocycles. The molecule has 6 heteroatoms. The molecule has 1 aliphatic heterocycles. The third-order valence-electron chi connectivity index (χ3n) is 3.18. The Bertz CT molecular complexity index is 516. The number of nitrogens with zero attached hydrogens (tertiary/aromatic N) is 2. The number of halogens is 1. The first kappa shape index (κ1) is 12.8. The van der Waals surface area contributed by atoms with E-state index in [1.807, 2.05) is 6.07 Å². The van der Waals surface area contributed by atoms with E-state index in [9.17, 15) is 14.9 Å². The zero-order chi connectivity index (χ0) is 13.3. The number of hydrogen-bond donors (Lipinski definition) is 0. The molecule has 0 unspecified atom stereocenters. The third-order valence-corrected chi connectivity index (χ3v) is 3.49. The number of carbonyl (C=O) groups excluding carboxylic acids is 1. The van der Waals surface area contributed by atoms with Gasteiger partial charge in [0.1, 0.15) is 5.02 Å². The Morgan fingerprint density at radius 2 is 2.22 bits per heavy atom. The summed E-state index contributed by atoms with van der Waals surface area (Å²) in [6.45, 7) is 2.36. The molecule has 0 spiro atoms. The maximum atomic E-state index is 11.5. The molecule has 96 valence electrons. The van der Waals surface area contributed by atoms with Gasteiger partial charge in [0.25, 0.3) is 5.69 Å². The predicted molar refractivity (Wildman–Crippen MR) is 67.5 cm³/mol. The van der Waals surface area contributed by atoms with Crippen LogP contribution >= 0.6 is 11.6 Å². The minimum absolute atomic E-state index is 0.0673. The van der Waals surface area contributed by atoms with Gasteiger partial charge in [-0.1, -0.05) is 17.7 Å². The van der Waals surface area contributed by atoms with Gasteiger partial charge in [0.15, 0.2) is 0 Å². The number of aryl methyl sites for hydroxylation is 1. The molecule has 1 heterocycles. The first-order valence-electron chi connectivity index (χ1n) is 5.71.